The summed E-state index contributed by atoms with van der Waals surface area (Å²) in [7, 11) is 1.64. The Balaban J connectivity index is 1.97. The fourth-order valence-electron chi connectivity index (χ4n) is 4.05. The predicted octanol–water partition coefficient (Wildman–Crippen LogP) is 3.05. The van der Waals surface area contributed by atoms with E-state index in [9.17, 15) is 9.59 Å². The highest BCUT2D eigenvalue weighted by Crippen LogP contribution is 2.44. The van der Waals surface area contributed by atoms with Crippen molar-refractivity contribution in [1.29, 1.82) is 0 Å². The lowest BCUT2D eigenvalue weighted by atomic mass is 9.74. The number of carbonyl (C=O) groups excluding carboxylic acids is 2. The Hall–Kier alpha value is -1.12. The molecule has 2 atom stereocenters. The molecule has 1 unspecified atom stereocenters. The number of carbonyl (C=O) groups is 2. The maximum Gasteiger partial charge on any atom is 0.257 e. The monoisotopic (exact) mass is 261 g/mol. The smallest absolute Gasteiger partial charge is 0.257 e. The molecule has 3 aliphatic rings. The van der Waals surface area contributed by atoms with E-state index in [1.165, 1.54) is 37.0 Å². The molecule has 2 bridgehead atoms. The summed E-state index contributed by atoms with van der Waals surface area (Å²) in [5, 5.41) is 0. The highest BCUT2D eigenvalue weighted by molar-refractivity contribution is 6.19. The molecule has 0 spiro atoms. The van der Waals surface area contributed by atoms with E-state index < -0.39 is 0 Å². The summed E-state index contributed by atoms with van der Waals surface area (Å²) in [5.41, 5.74) is 1.79. The molecule has 0 radical (unpaired) electrons. The maximum atomic E-state index is 12.3. The first-order valence-electron chi connectivity index (χ1n) is 7.76. The molecule has 0 saturated carbocycles. The zero-order chi connectivity index (χ0) is 13.4. The Kier molecular flexibility index (Phi) is 3.46. The zero-order valence-electron chi connectivity index (χ0n) is 11.8. The quantitative estimate of drug-likeness (QED) is 0.628. The first-order chi connectivity index (χ1) is 9.20. The van der Waals surface area contributed by atoms with Crippen LogP contribution in [0.4, 0.5) is 0 Å². The van der Waals surface area contributed by atoms with Gasteiger partial charge in [-0.3, -0.25) is 14.5 Å². The Morgan fingerprint density at radius 2 is 1.16 bits per heavy atom. The van der Waals surface area contributed by atoms with Crippen molar-refractivity contribution < 1.29 is 9.59 Å². The highest BCUT2D eigenvalue weighted by atomic mass is 16.2. The molecule has 3 nitrogen and oxygen atoms in total. The second kappa shape index (κ2) is 5.10. The summed E-state index contributed by atoms with van der Waals surface area (Å²) in [4.78, 5) is 26.0. The minimum atomic E-state index is -0.00560. The van der Waals surface area contributed by atoms with Crippen LogP contribution in [0.2, 0.25) is 0 Å². The van der Waals surface area contributed by atoms with E-state index in [2.05, 4.69) is 0 Å². The van der Waals surface area contributed by atoms with Gasteiger partial charge in [0.1, 0.15) is 0 Å². The molecule has 0 aromatic rings. The van der Waals surface area contributed by atoms with Crippen molar-refractivity contribution in [2.24, 2.45) is 11.8 Å². The molecular weight excluding hydrogens is 238 g/mol. The number of rotatable bonds is 0. The fourth-order valence-corrected chi connectivity index (χ4v) is 4.05. The van der Waals surface area contributed by atoms with Crippen LogP contribution < -0.4 is 0 Å². The van der Waals surface area contributed by atoms with E-state index >= 15 is 0 Å². The van der Waals surface area contributed by atoms with E-state index in [1.54, 1.807) is 7.05 Å². The third-order valence-electron chi connectivity index (χ3n) is 5.15. The van der Waals surface area contributed by atoms with Gasteiger partial charge in [0, 0.05) is 18.2 Å². The van der Waals surface area contributed by atoms with Crippen LogP contribution in [0, 0.1) is 11.8 Å². The van der Waals surface area contributed by atoms with Gasteiger partial charge >= 0.3 is 0 Å². The Bertz CT molecular complexity index is 400. The van der Waals surface area contributed by atoms with Gasteiger partial charge in [-0.2, -0.15) is 0 Å². The average Bonchev–Trinajstić information content (AvgIpc) is 2.65. The molecule has 1 heterocycles. The van der Waals surface area contributed by atoms with Crippen molar-refractivity contribution in [3.05, 3.63) is 11.1 Å². The number of hydrogen-bond donors (Lipinski definition) is 0. The van der Waals surface area contributed by atoms with Gasteiger partial charge < -0.3 is 0 Å². The fraction of sp³-hybridized carbons (Fsp3) is 0.750. The summed E-state index contributed by atoms with van der Waals surface area (Å²) < 4.78 is 0. The summed E-state index contributed by atoms with van der Waals surface area (Å²) in [6, 6.07) is 0. The predicted molar refractivity (Wildman–Crippen MR) is 73.3 cm³/mol. The van der Waals surface area contributed by atoms with Gasteiger partial charge in [-0.25, -0.2) is 0 Å². The van der Waals surface area contributed by atoms with Gasteiger partial charge in [0.2, 0.25) is 0 Å². The molecule has 3 heteroatoms. The summed E-state index contributed by atoms with van der Waals surface area (Å²) in [5.74, 6) is 0.694. The first kappa shape index (κ1) is 12.9. The van der Waals surface area contributed by atoms with Gasteiger partial charge in [0.25, 0.3) is 11.8 Å². The molecule has 2 amide bonds. The molecule has 19 heavy (non-hydrogen) atoms. The largest absolute Gasteiger partial charge is 0.278 e. The normalized spacial score (nSPS) is 32.6. The second-order valence-corrected chi connectivity index (χ2v) is 6.31. The van der Waals surface area contributed by atoms with Crippen molar-refractivity contribution in [3.63, 3.8) is 0 Å². The number of amides is 2. The lowest BCUT2D eigenvalue weighted by molar-refractivity contribution is -0.136. The topological polar surface area (TPSA) is 37.4 Å². The molecule has 0 fully saturated rings. The van der Waals surface area contributed by atoms with Crippen LogP contribution in [0.25, 0.3) is 0 Å². The standard InChI is InChI=1S/C16H23NO2/c1-17-15(18)13-11-7-5-3-2-4-6-8-12(10-9-11)14(13)16(17)19/h11-12H,2-10H2,1H3/t11-,12?/m0/s1. The van der Waals surface area contributed by atoms with Gasteiger partial charge in [0.05, 0.1) is 0 Å². The molecular formula is C16H23NO2. The van der Waals surface area contributed by atoms with Crippen molar-refractivity contribution in [2.45, 2.75) is 57.8 Å². The van der Waals surface area contributed by atoms with Crippen molar-refractivity contribution in [3.8, 4) is 0 Å². The SMILES string of the molecule is CN1C(=O)C2=C(C1=O)[C@H]1CCCCCCCC2CC1. The number of nitrogens with zero attached hydrogens (tertiary/aromatic N) is 1. The summed E-state index contributed by atoms with van der Waals surface area (Å²) in [6.07, 6.45) is 10.7. The number of imide groups is 1. The molecule has 1 aliphatic heterocycles. The van der Waals surface area contributed by atoms with E-state index in [-0.39, 0.29) is 11.8 Å². The molecule has 0 N–H and O–H groups in total. The third kappa shape index (κ3) is 2.13. The lowest BCUT2D eigenvalue weighted by Gasteiger charge is -2.28. The molecule has 3 rings (SSSR count). The zero-order valence-corrected chi connectivity index (χ0v) is 11.8. The third-order valence-corrected chi connectivity index (χ3v) is 5.15. The van der Waals surface area contributed by atoms with Gasteiger partial charge in [-0.15, -0.1) is 0 Å². The summed E-state index contributed by atoms with van der Waals surface area (Å²) >= 11 is 0. The van der Waals surface area contributed by atoms with Crippen LogP contribution in [0.1, 0.15) is 57.8 Å². The number of hydrogen-bond acceptors (Lipinski definition) is 2. The van der Waals surface area contributed by atoms with Crippen LogP contribution >= 0.6 is 0 Å². The molecule has 0 aromatic heterocycles. The Morgan fingerprint density at radius 3 is 1.63 bits per heavy atom. The van der Waals surface area contributed by atoms with Crippen LogP contribution in [-0.2, 0) is 9.59 Å². The van der Waals surface area contributed by atoms with Gasteiger partial charge in [-0.1, -0.05) is 32.1 Å². The van der Waals surface area contributed by atoms with Gasteiger partial charge in [0.15, 0.2) is 0 Å². The molecule has 0 saturated heterocycles. The van der Waals surface area contributed by atoms with E-state index in [4.69, 9.17) is 0 Å². The highest BCUT2D eigenvalue weighted by Gasteiger charge is 2.44. The first-order valence-corrected chi connectivity index (χ1v) is 7.76. The van der Waals surface area contributed by atoms with E-state index in [0.29, 0.717) is 11.8 Å². The van der Waals surface area contributed by atoms with Gasteiger partial charge in [-0.05, 0) is 37.5 Å². The Labute approximate surface area is 115 Å². The van der Waals surface area contributed by atoms with Crippen LogP contribution in [-0.4, -0.2) is 23.8 Å². The summed E-state index contributed by atoms with van der Waals surface area (Å²) in [6.45, 7) is 0. The van der Waals surface area contributed by atoms with Crippen LogP contribution in [0.15, 0.2) is 11.1 Å². The van der Waals surface area contributed by atoms with E-state index in [1.807, 2.05) is 0 Å². The minimum Gasteiger partial charge on any atom is -0.278 e. The Morgan fingerprint density at radius 1 is 0.737 bits per heavy atom. The minimum absolute atomic E-state index is 0.00560. The van der Waals surface area contributed by atoms with Crippen molar-refractivity contribution >= 4 is 11.8 Å². The van der Waals surface area contributed by atoms with Crippen LogP contribution in [0.5, 0.6) is 0 Å². The molecule has 0 aromatic carbocycles. The lowest BCUT2D eigenvalue weighted by Crippen LogP contribution is -2.28. The van der Waals surface area contributed by atoms with E-state index in [0.717, 1.165) is 36.8 Å². The van der Waals surface area contributed by atoms with Crippen molar-refractivity contribution in [1.82, 2.24) is 4.90 Å². The molecule has 2 aliphatic carbocycles. The van der Waals surface area contributed by atoms with Crippen molar-refractivity contribution in [2.75, 3.05) is 7.05 Å². The van der Waals surface area contributed by atoms with Crippen LogP contribution in [0.3, 0.4) is 0 Å². The number of likely N-dealkylation sites (N-methyl/N-ethyl adjacent to an activating group) is 1. The molecule has 104 valence electrons. The maximum absolute atomic E-state index is 12.3. The average molecular weight is 261 g/mol. The second-order valence-electron chi connectivity index (χ2n) is 6.31.